The van der Waals surface area contributed by atoms with Crippen LogP contribution < -0.4 is 10.2 Å². The summed E-state index contributed by atoms with van der Waals surface area (Å²) in [4.78, 5) is 16.3. The second kappa shape index (κ2) is 4.13. The fraction of sp³-hybridized carbons (Fsp3) is 0.0588. The van der Waals surface area contributed by atoms with Gasteiger partial charge in [0.25, 0.3) is 5.69 Å². The second-order valence-electron chi connectivity index (χ2n) is 5.73. The number of benzene rings is 2. The van der Waals surface area contributed by atoms with E-state index in [-0.39, 0.29) is 10.6 Å². The maximum Gasteiger partial charge on any atom is 0.277 e. The van der Waals surface area contributed by atoms with Gasteiger partial charge in [-0.25, -0.2) is 0 Å². The first-order valence-electron chi connectivity index (χ1n) is 7.33. The molecular weight excluding hydrogens is 292 g/mol. The Hall–Kier alpha value is -3.28. The lowest BCUT2D eigenvalue weighted by Gasteiger charge is -2.18. The summed E-state index contributed by atoms with van der Waals surface area (Å²) < 4.78 is 2.22. The maximum absolute atomic E-state index is 11.2. The number of anilines is 1. The summed E-state index contributed by atoms with van der Waals surface area (Å²) in [5.41, 5.74) is 3.38. The topological polar surface area (TPSA) is 67.1 Å². The van der Waals surface area contributed by atoms with Crippen molar-refractivity contribution in [3.63, 3.8) is 0 Å². The Kier molecular flexibility index (Phi) is 2.21. The molecule has 2 aromatic carbocycles. The molecule has 5 rings (SSSR count). The van der Waals surface area contributed by atoms with Crippen LogP contribution in [0, 0.1) is 10.1 Å². The van der Waals surface area contributed by atoms with E-state index >= 15 is 0 Å². The number of fused-ring (bicyclic) bond motifs is 6. The van der Waals surface area contributed by atoms with E-state index < -0.39 is 0 Å². The predicted molar refractivity (Wildman–Crippen MR) is 89.1 cm³/mol. The van der Waals surface area contributed by atoms with Gasteiger partial charge >= 0.3 is 0 Å². The molecule has 1 aliphatic rings. The third-order valence-corrected chi connectivity index (χ3v) is 4.50. The number of nitro groups is 1. The van der Waals surface area contributed by atoms with Crippen LogP contribution in [0.3, 0.4) is 0 Å². The average molecular weight is 304 g/mol. The van der Waals surface area contributed by atoms with Crippen LogP contribution in [0.2, 0.25) is 0 Å². The summed E-state index contributed by atoms with van der Waals surface area (Å²) in [6.45, 7) is 0.713. The molecule has 0 spiro atoms. The molecule has 4 aromatic rings. The van der Waals surface area contributed by atoms with Crippen molar-refractivity contribution in [1.82, 2.24) is 9.55 Å². The SMILES string of the molecule is O=[N+]([O-])c1ccc(N2C=c3c4cc(c[nH]4)n3C2)c2ccccc12. The van der Waals surface area contributed by atoms with Crippen molar-refractivity contribution in [1.29, 1.82) is 0 Å². The molecule has 0 saturated carbocycles. The number of nitro benzene ring substituents is 1. The first-order chi connectivity index (χ1) is 11.2. The van der Waals surface area contributed by atoms with Crippen LogP contribution in [0.1, 0.15) is 0 Å². The van der Waals surface area contributed by atoms with Crippen molar-refractivity contribution >= 4 is 39.4 Å². The Morgan fingerprint density at radius 1 is 1.13 bits per heavy atom. The average Bonchev–Trinajstić information content (AvgIpc) is 3.26. The Morgan fingerprint density at radius 2 is 1.96 bits per heavy atom. The van der Waals surface area contributed by atoms with E-state index in [0.717, 1.165) is 27.5 Å². The smallest absolute Gasteiger partial charge is 0.277 e. The minimum Gasteiger partial charge on any atom is -0.358 e. The highest BCUT2D eigenvalue weighted by Crippen LogP contribution is 2.34. The first-order valence-corrected chi connectivity index (χ1v) is 7.33. The molecule has 0 atom stereocenters. The zero-order chi connectivity index (χ0) is 15.6. The molecule has 6 nitrogen and oxygen atoms in total. The molecular formula is C17H12N4O2. The molecule has 3 heterocycles. The fourth-order valence-electron chi connectivity index (χ4n) is 3.43. The first kappa shape index (κ1) is 12.3. The van der Waals surface area contributed by atoms with Gasteiger partial charge in [-0.05, 0) is 18.2 Å². The highest BCUT2D eigenvalue weighted by Gasteiger charge is 2.21. The molecule has 0 radical (unpaired) electrons. The number of non-ortho nitro benzene ring substituents is 1. The van der Waals surface area contributed by atoms with Gasteiger partial charge in [0.2, 0.25) is 0 Å². The predicted octanol–water partition coefficient (Wildman–Crippen LogP) is 2.97. The number of nitrogens with zero attached hydrogens (tertiary/aromatic N) is 3. The third-order valence-electron chi connectivity index (χ3n) is 4.50. The molecule has 0 saturated heterocycles. The van der Waals surface area contributed by atoms with Gasteiger partial charge in [0.15, 0.2) is 0 Å². The van der Waals surface area contributed by atoms with E-state index in [4.69, 9.17) is 0 Å². The van der Waals surface area contributed by atoms with Crippen LogP contribution in [0.4, 0.5) is 11.4 Å². The lowest BCUT2D eigenvalue weighted by atomic mass is 10.1. The summed E-state index contributed by atoms with van der Waals surface area (Å²) >= 11 is 0. The quantitative estimate of drug-likeness (QED) is 0.457. The molecule has 1 aliphatic heterocycles. The van der Waals surface area contributed by atoms with E-state index in [1.165, 1.54) is 0 Å². The summed E-state index contributed by atoms with van der Waals surface area (Å²) in [6.07, 6.45) is 4.08. The third kappa shape index (κ3) is 1.57. The van der Waals surface area contributed by atoms with Crippen molar-refractivity contribution in [2.45, 2.75) is 6.67 Å². The number of H-pyrrole nitrogens is 1. The zero-order valence-electron chi connectivity index (χ0n) is 12.1. The van der Waals surface area contributed by atoms with E-state index in [0.29, 0.717) is 12.1 Å². The lowest BCUT2D eigenvalue weighted by Crippen LogP contribution is -2.16. The highest BCUT2D eigenvalue weighted by molar-refractivity contribution is 6.01. The van der Waals surface area contributed by atoms with Crippen LogP contribution in [-0.4, -0.2) is 14.5 Å². The van der Waals surface area contributed by atoms with E-state index in [1.807, 2.05) is 30.5 Å². The molecule has 0 fully saturated rings. The van der Waals surface area contributed by atoms with Gasteiger partial charge in [-0.1, -0.05) is 18.2 Å². The Bertz CT molecular complexity index is 1140. The normalized spacial score (nSPS) is 13.7. The molecule has 2 aromatic heterocycles. The number of rotatable bonds is 2. The molecule has 0 aliphatic carbocycles. The van der Waals surface area contributed by atoms with Gasteiger partial charge in [0.1, 0.15) is 0 Å². The minimum atomic E-state index is -0.327. The standard InChI is InChI=1S/C17H12N4O2/c22-21(23)16-6-5-15(12-3-1-2-4-13(12)16)19-9-17-14-7-11(8-18-14)20(17)10-19/h1-9,18H,10H2. The molecule has 112 valence electrons. The molecule has 0 amide bonds. The van der Waals surface area contributed by atoms with Crippen molar-refractivity contribution in [2.24, 2.45) is 0 Å². The van der Waals surface area contributed by atoms with Gasteiger partial charge < -0.3 is 14.5 Å². The summed E-state index contributed by atoms with van der Waals surface area (Å²) in [6, 6.07) is 13.0. The second-order valence-corrected chi connectivity index (χ2v) is 5.73. The molecule has 6 heteroatoms. The molecule has 23 heavy (non-hydrogen) atoms. The van der Waals surface area contributed by atoms with E-state index in [2.05, 4.69) is 26.7 Å². The number of aromatic amines is 1. The number of aromatic nitrogens is 2. The van der Waals surface area contributed by atoms with Crippen LogP contribution >= 0.6 is 0 Å². The molecule has 0 unspecified atom stereocenters. The fourth-order valence-corrected chi connectivity index (χ4v) is 3.43. The summed E-state index contributed by atoms with van der Waals surface area (Å²) in [7, 11) is 0. The van der Waals surface area contributed by atoms with Crippen molar-refractivity contribution in [2.75, 3.05) is 4.90 Å². The van der Waals surface area contributed by atoms with E-state index in [9.17, 15) is 10.1 Å². The Balaban J connectivity index is 1.72. The van der Waals surface area contributed by atoms with Crippen molar-refractivity contribution in [3.8, 4) is 0 Å². The van der Waals surface area contributed by atoms with Gasteiger partial charge in [0.05, 0.1) is 39.0 Å². The van der Waals surface area contributed by atoms with Gasteiger partial charge in [-0.3, -0.25) is 10.1 Å². The molecule has 1 N–H and O–H groups in total. The van der Waals surface area contributed by atoms with Gasteiger partial charge in [-0.15, -0.1) is 0 Å². The van der Waals surface area contributed by atoms with Crippen molar-refractivity contribution < 1.29 is 4.92 Å². The van der Waals surface area contributed by atoms with Gasteiger partial charge in [-0.2, -0.15) is 0 Å². The lowest BCUT2D eigenvalue weighted by molar-refractivity contribution is -0.383. The number of nitrogens with one attached hydrogen (secondary N) is 1. The van der Waals surface area contributed by atoms with Crippen LogP contribution in [0.5, 0.6) is 0 Å². The summed E-state index contributed by atoms with van der Waals surface area (Å²) in [5, 5.41) is 14.0. The Labute approximate surface area is 130 Å². The number of hydrogen-bond donors (Lipinski definition) is 1. The Morgan fingerprint density at radius 3 is 2.74 bits per heavy atom. The van der Waals surface area contributed by atoms with Crippen LogP contribution in [0.25, 0.3) is 28.0 Å². The summed E-state index contributed by atoms with van der Waals surface area (Å²) in [5.74, 6) is 0. The number of hydrogen-bond acceptors (Lipinski definition) is 3. The maximum atomic E-state index is 11.2. The molecule has 2 bridgehead atoms. The van der Waals surface area contributed by atoms with E-state index in [1.54, 1.807) is 12.1 Å². The zero-order valence-corrected chi connectivity index (χ0v) is 12.1. The van der Waals surface area contributed by atoms with Crippen LogP contribution in [0.15, 0.2) is 48.7 Å². The largest absolute Gasteiger partial charge is 0.358 e. The highest BCUT2D eigenvalue weighted by atomic mass is 16.6. The van der Waals surface area contributed by atoms with Crippen molar-refractivity contribution in [3.05, 3.63) is 64.1 Å². The monoisotopic (exact) mass is 304 g/mol. The van der Waals surface area contributed by atoms with Crippen LogP contribution in [-0.2, 0) is 6.67 Å². The van der Waals surface area contributed by atoms with Gasteiger partial charge in [0, 0.05) is 23.8 Å². The minimum absolute atomic E-state index is 0.142.